The van der Waals surface area contributed by atoms with Gasteiger partial charge >= 0.3 is 0 Å². The Morgan fingerprint density at radius 3 is 2.69 bits per heavy atom. The minimum atomic E-state index is -0.472. The number of ether oxygens (including phenoxy) is 1. The summed E-state index contributed by atoms with van der Waals surface area (Å²) in [5.41, 5.74) is 7.08. The molecular formula is C28H33FN4O3. The van der Waals surface area contributed by atoms with Gasteiger partial charge in [-0.05, 0) is 69.0 Å². The number of nitrogens with zero attached hydrogens (tertiary/aromatic N) is 3. The lowest BCUT2D eigenvalue weighted by Crippen LogP contribution is -2.50. The van der Waals surface area contributed by atoms with E-state index in [0.717, 1.165) is 18.4 Å². The molecule has 2 aliphatic heterocycles. The van der Waals surface area contributed by atoms with Gasteiger partial charge in [-0.1, -0.05) is 26.0 Å². The summed E-state index contributed by atoms with van der Waals surface area (Å²) in [6, 6.07) is 11.4. The van der Waals surface area contributed by atoms with Crippen LogP contribution in [0, 0.1) is 5.82 Å². The zero-order valence-electron chi connectivity index (χ0n) is 21.3. The summed E-state index contributed by atoms with van der Waals surface area (Å²) in [4.78, 5) is 36.1. The molecule has 0 saturated carbocycles. The summed E-state index contributed by atoms with van der Waals surface area (Å²) in [5.74, 6) is -0.307. The first-order valence-electron chi connectivity index (χ1n) is 12.4. The van der Waals surface area contributed by atoms with Crippen LogP contribution in [0.5, 0.6) is 5.75 Å². The van der Waals surface area contributed by atoms with E-state index in [1.807, 2.05) is 33.8 Å². The van der Waals surface area contributed by atoms with Crippen LogP contribution in [-0.2, 0) is 11.3 Å². The summed E-state index contributed by atoms with van der Waals surface area (Å²) in [5, 5.41) is 0. The van der Waals surface area contributed by atoms with Crippen molar-refractivity contribution in [3.05, 3.63) is 65.0 Å². The lowest BCUT2D eigenvalue weighted by atomic mass is 9.85. The number of benzene rings is 2. The highest BCUT2D eigenvalue weighted by Gasteiger charge is 2.37. The molecule has 8 heteroatoms. The number of amides is 2. The Kier molecular flexibility index (Phi) is 6.98. The largest absolute Gasteiger partial charge is 0.488 e. The molecule has 2 aromatic carbocycles. The van der Waals surface area contributed by atoms with Gasteiger partial charge in [0.2, 0.25) is 5.91 Å². The molecule has 0 radical (unpaired) electrons. The fourth-order valence-corrected chi connectivity index (χ4v) is 4.91. The Bertz CT molecular complexity index is 1230. The molecule has 0 spiro atoms. The van der Waals surface area contributed by atoms with Crippen molar-refractivity contribution in [2.75, 3.05) is 0 Å². The van der Waals surface area contributed by atoms with Crippen molar-refractivity contribution in [3.63, 3.8) is 0 Å². The van der Waals surface area contributed by atoms with Gasteiger partial charge in [0.25, 0.3) is 5.91 Å². The molecule has 2 aromatic rings. The van der Waals surface area contributed by atoms with E-state index in [-0.39, 0.29) is 30.1 Å². The molecule has 0 bridgehead atoms. The number of hydrogen-bond donors (Lipinski definition) is 1. The lowest BCUT2D eigenvalue weighted by Gasteiger charge is -2.36. The maximum Gasteiger partial charge on any atom is 0.276 e. The number of carbonyl (C=O) groups excluding carboxylic acids is 2. The minimum absolute atomic E-state index is 0.0750. The molecule has 2 aliphatic rings. The first kappa shape index (κ1) is 25.5. The number of fused-ring (bicyclic) bond motifs is 1. The molecule has 0 saturated heterocycles. The van der Waals surface area contributed by atoms with Crippen molar-refractivity contribution in [3.8, 4) is 5.75 Å². The van der Waals surface area contributed by atoms with Crippen molar-refractivity contribution >= 4 is 24.0 Å². The van der Waals surface area contributed by atoms with Crippen molar-refractivity contribution in [1.82, 2.24) is 4.90 Å². The second-order valence-corrected chi connectivity index (χ2v) is 10.2. The van der Waals surface area contributed by atoms with Gasteiger partial charge in [0.05, 0.1) is 18.5 Å². The third kappa shape index (κ3) is 5.32. The summed E-state index contributed by atoms with van der Waals surface area (Å²) in [6.45, 7) is 8.15. The second-order valence-electron chi connectivity index (χ2n) is 10.2. The smallest absolute Gasteiger partial charge is 0.276 e. The first-order chi connectivity index (χ1) is 17.0. The quantitative estimate of drug-likeness (QED) is 0.575. The van der Waals surface area contributed by atoms with Crippen LogP contribution in [0.15, 0.2) is 52.4 Å². The topological polar surface area (TPSA) is 97.3 Å². The molecular weight excluding hydrogens is 459 g/mol. The molecule has 0 aromatic heterocycles. The van der Waals surface area contributed by atoms with E-state index >= 15 is 0 Å². The third-order valence-electron chi connectivity index (χ3n) is 7.08. The second kappa shape index (κ2) is 9.84. The number of rotatable bonds is 6. The summed E-state index contributed by atoms with van der Waals surface area (Å²) < 4.78 is 19.9. The summed E-state index contributed by atoms with van der Waals surface area (Å²) >= 11 is 0. The number of nitrogens with two attached hydrogens (primary N) is 1. The van der Waals surface area contributed by atoms with E-state index in [1.165, 1.54) is 17.0 Å². The molecule has 36 heavy (non-hydrogen) atoms. The summed E-state index contributed by atoms with van der Waals surface area (Å²) in [7, 11) is 0. The fourth-order valence-electron chi connectivity index (χ4n) is 4.91. The van der Waals surface area contributed by atoms with Crippen molar-refractivity contribution < 1.29 is 18.7 Å². The maximum absolute atomic E-state index is 13.9. The number of carbonyl (C=O) groups is 2. The van der Waals surface area contributed by atoms with Crippen molar-refractivity contribution in [2.45, 2.75) is 77.0 Å². The Balaban J connectivity index is 1.52. The normalized spacial score (nSPS) is 20.6. The Morgan fingerprint density at radius 2 is 2.00 bits per heavy atom. The molecule has 0 fully saturated rings. The number of aliphatic imine (C=N–C) groups is 2. The molecule has 2 N–H and O–H groups in total. The number of guanidine groups is 1. The molecule has 0 aliphatic carbocycles. The predicted octanol–water partition coefficient (Wildman–Crippen LogP) is 4.99. The third-order valence-corrected chi connectivity index (χ3v) is 7.08. The highest BCUT2D eigenvalue weighted by molar-refractivity contribution is 6.00. The van der Waals surface area contributed by atoms with Crippen LogP contribution in [0.2, 0.25) is 0 Å². The van der Waals surface area contributed by atoms with Crippen molar-refractivity contribution in [1.29, 1.82) is 0 Å². The van der Waals surface area contributed by atoms with Gasteiger partial charge in [-0.3, -0.25) is 14.5 Å². The lowest BCUT2D eigenvalue weighted by molar-refractivity contribution is -0.130. The average Bonchev–Trinajstić information content (AvgIpc) is 2.84. The summed E-state index contributed by atoms with van der Waals surface area (Å²) in [6.07, 6.45) is 3.94. The zero-order valence-corrected chi connectivity index (χ0v) is 21.3. The van der Waals surface area contributed by atoms with Crippen LogP contribution in [0.4, 0.5) is 4.39 Å². The van der Waals surface area contributed by atoms with E-state index in [4.69, 9.17) is 10.5 Å². The molecule has 2 heterocycles. The standard InChI is InChI=1S/C28H33FN4O3/c1-5-28(6-2)15-24(34)33(26(30)32-28)17-18-8-7-9-19(12-18)25(35)31-16-20-14-27(3,4)36-23-11-10-21(29)13-22(20)23/h7-13,16,20H,5-6,14-15,17H2,1-4H3,(H2,30,32). The van der Waals surface area contributed by atoms with E-state index in [1.54, 1.807) is 30.5 Å². The van der Waals surface area contributed by atoms with Crippen LogP contribution in [-0.4, -0.2) is 40.0 Å². The van der Waals surface area contributed by atoms with Crippen LogP contribution in [0.25, 0.3) is 0 Å². The molecule has 2 amide bonds. The molecule has 1 unspecified atom stereocenters. The van der Waals surface area contributed by atoms with Gasteiger partial charge in [-0.2, -0.15) is 0 Å². The van der Waals surface area contributed by atoms with Crippen LogP contribution >= 0.6 is 0 Å². The van der Waals surface area contributed by atoms with Gasteiger partial charge in [0.15, 0.2) is 5.96 Å². The van der Waals surface area contributed by atoms with Crippen LogP contribution in [0.1, 0.15) is 80.8 Å². The molecule has 4 rings (SSSR count). The van der Waals surface area contributed by atoms with Gasteiger partial charge < -0.3 is 10.5 Å². The van der Waals surface area contributed by atoms with E-state index < -0.39 is 17.0 Å². The predicted molar refractivity (Wildman–Crippen MR) is 138 cm³/mol. The first-order valence-corrected chi connectivity index (χ1v) is 12.4. The zero-order chi connectivity index (χ0) is 26.1. The Morgan fingerprint density at radius 1 is 1.25 bits per heavy atom. The monoisotopic (exact) mass is 492 g/mol. The van der Waals surface area contributed by atoms with Crippen LogP contribution < -0.4 is 10.5 Å². The number of halogens is 1. The van der Waals surface area contributed by atoms with Gasteiger partial charge in [0.1, 0.15) is 17.2 Å². The Labute approximate surface area is 211 Å². The SMILES string of the molecule is CCC1(CC)CC(=O)N(Cc2cccc(C(=O)N=CC3CC(C)(C)Oc4ccc(F)cc43)c2)C(N)=N1. The molecule has 7 nitrogen and oxygen atoms in total. The molecule has 190 valence electrons. The Hall–Kier alpha value is -3.55. The van der Waals surface area contributed by atoms with Gasteiger partial charge in [-0.25, -0.2) is 14.4 Å². The maximum atomic E-state index is 13.9. The van der Waals surface area contributed by atoms with E-state index in [9.17, 15) is 14.0 Å². The molecule has 1 atom stereocenters. The average molecular weight is 493 g/mol. The van der Waals surface area contributed by atoms with E-state index in [2.05, 4.69) is 9.98 Å². The highest BCUT2D eigenvalue weighted by atomic mass is 19.1. The van der Waals surface area contributed by atoms with Crippen molar-refractivity contribution in [2.24, 2.45) is 15.7 Å². The minimum Gasteiger partial charge on any atom is -0.488 e. The van der Waals surface area contributed by atoms with Gasteiger partial charge in [0, 0.05) is 23.3 Å². The van der Waals surface area contributed by atoms with E-state index in [0.29, 0.717) is 29.7 Å². The highest BCUT2D eigenvalue weighted by Crippen LogP contribution is 2.40. The fraction of sp³-hybridized carbons (Fsp3) is 0.429. The number of hydrogen-bond acceptors (Lipinski definition) is 5. The van der Waals surface area contributed by atoms with Gasteiger partial charge in [-0.15, -0.1) is 0 Å². The van der Waals surface area contributed by atoms with Crippen LogP contribution in [0.3, 0.4) is 0 Å².